The van der Waals surface area contributed by atoms with Crippen LogP contribution in [0.2, 0.25) is 0 Å². The average molecular weight is 564 g/mol. The van der Waals surface area contributed by atoms with E-state index in [0.717, 1.165) is 31.5 Å². The Bertz CT molecular complexity index is 1410. The van der Waals surface area contributed by atoms with Crippen molar-refractivity contribution in [2.45, 2.75) is 58.8 Å². The van der Waals surface area contributed by atoms with Crippen LogP contribution in [0.4, 0.5) is 22.0 Å². The van der Waals surface area contributed by atoms with Gasteiger partial charge in [-0.05, 0) is 0 Å². The molecule has 1 aliphatic rings. The molecule has 1 fully saturated rings. The van der Waals surface area contributed by atoms with Gasteiger partial charge in [0.1, 0.15) is 31.6 Å². The van der Waals surface area contributed by atoms with Crippen LogP contribution in [0.15, 0.2) is 15.8 Å². The molecule has 3 rings (SSSR count). The molecule has 11 nitrogen and oxygen atoms in total. The molecule has 0 N–H and O–H groups in total. The number of hydrogen-bond donors (Lipinski definition) is 0. The second-order valence-corrected chi connectivity index (χ2v) is 8.38. The zero-order valence-electron chi connectivity index (χ0n) is 20.6. The number of rotatable bonds is 8. The van der Waals surface area contributed by atoms with Crippen molar-refractivity contribution in [1.82, 2.24) is 9.13 Å². The largest absolute Gasteiger partial charge is 0.463 e. The van der Waals surface area contributed by atoms with E-state index >= 15 is 0 Å². The lowest BCUT2D eigenvalue weighted by Gasteiger charge is -2.19. The summed E-state index contributed by atoms with van der Waals surface area (Å²) in [5.41, 5.74) is -4.47. The SMILES string of the molecule is CC(=O)OCc1cn([C@H]2C[C@H](OC(C)=O)[C@@H](COC(C)=O)O2)c(=O)n(Cc2c(F)c(F)c(F)c(F)c2F)c1=O. The summed E-state index contributed by atoms with van der Waals surface area (Å²) in [5.74, 6) is -13.8. The smallest absolute Gasteiger partial charge is 0.333 e. The topological polar surface area (TPSA) is 132 Å². The third kappa shape index (κ3) is 6.32. The van der Waals surface area contributed by atoms with Gasteiger partial charge in [-0.25, -0.2) is 26.7 Å². The Morgan fingerprint density at radius 3 is 2.00 bits per heavy atom. The van der Waals surface area contributed by atoms with E-state index in [2.05, 4.69) is 0 Å². The Labute approximate surface area is 215 Å². The van der Waals surface area contributed by atoms with E-state index in [1.54, 1.807) is 0 Å². The Hall–Kier alpha value is -4.08. The van der Waals surface area contributed by atoms with Crippen LogP contribution in [0.1, 0.15) is 44.5 Å². The van der Waals surface area contributed by atoms with E-state index < -0.39 is 108 Å². The third-order valence-corrected chi connectivity index (χ3v) is 5.57. The van der Waals surface area contributed by atoms with Crippen LogP contribution in [-0.2, 0) is 46.5 Å². The summed E-state index contributed by atoms with van der Waals surface area (Å²) in [5, 5.41) is 0. The molecule has 1 aromatic heterocycles. The first-order valence-electron chi connectivity index (χ1n) is 11.2. The summed E-state index contributed by atoms with van der Waals surface area (Å²) in [6.45, 7) is 0.671. The highest BCUT2D eigenvalue weighted by Crippen LogP contribution is 2.31. The summed E-state index contributed by atoms with van der Waals surface area (Å²) < 4.78 is 91.1. The molecule has 0 saturated carbocycles. The van der Waals surface area contributed by atoms with Crippen molar-refractivity contribution in [3.05, 3.63) is 67.2 Å². The van der Waals surface area contributed by atoms with Crippen LogP contribution >= 0.6 is 0 Å². The van der Waals surface area contributed by atoms with Crippen LogP contribution in [0.3, 0.4) is 0 Å². The van der Waals surface area contributed by atoms with Crippen LogP contribution in [-0.4, -0.2) is 45.9 Å². The summed E-state index contributed by atoms with van der Waals surface area (Å²) in [6.07, 6.45) is -2.79. The van der Waals surface area contributed by atoms with Gasteiger partial charge in [-0.3, -0.25) is 28.3 Å². The van der Waals surface area contributed by atoms with Crippen LogP contribution in [0.5, 0.6) is 0 Å². The number of carbonyl (C=O) groups is 3. The van der Waals surface area contributed by atoms with E-state index in [4.69, 9.17) is 18.9 Å². The lowest BCUT2D eigenvalue weighted by atomic mass is 10.1. The maximum Gasteiger partial charge on any atom is 0.333 e. The number of hydrogen-bond acceptors (Lipinski definition) is 9. The Morgan fingerprint density at radius 2 is 1.46 bits per heavy atom. The normalized spacial score (nSPS) is 18.6. The molecule has 3 atom stereocenters. The van der Waals surface area contributed by atoms with Crippen molar-refractivity contribution in [2.75, 3.05) is 6.61 Å². The highest BCUT2D eigenvalue weighted by atomic mass is 19.2. The number of ether oxygens (including phenoxy) is 4. The molecule has 1 saturated heterocycles. The quantitative estimate of drug-likeness (QED) is 0.154. The third-order valence-electron chi connectivity index (χ3n) is 5.57. The van der Waals surface area contributed by atoms with Crippen molar-refractivity contribution < 1.29 is 55.3 Å². The summed E-state index contributed by atoms with van der Waals surface area (Å²) in [6, 6.07) is 0. The van der Waals surface area contributed by atoms with Crippen molar-refractivity contribution in [3.8, 4) is 0 Å². The summed E-state index contributed by atoms with van der Waals surface area (Å²) >= 11 is 0. The van der Waals surface area contributed by atoms with Crippen LogP contribution in [0, 0.1) is 29.1 Å². The average Bonchev–Trinajstić information content (AvgIpc) is 3.25. The predicted molar refractivity (Wildman–Crippen MR) is 116 cm³/mol. The molecular formula is C23H21F5N2O9. The zero-order valence-corrected chi connectivity index (χ0v) is 20.6. The molecule has 1 aromatic carbocycles. The maximum atomic E-state index is 14.4. The summed E-state index contributed by atoms with van der Waals surface area (Å²) in [7, 11) is 0. The van der Waals surface area contributed by atoms with Gasteiger partial charge in [0.2, 0.25) is 5.82 Å². The van der Waals surface area contributed by atoms with Gasteiger partial charge in [-0.15, -0.1) is 0 Å². The molecule has 0 amide bonds. The fourth-order valence-corrected chi connectivity index (χ4v) is 3.81. The van der Waals surface area contributed by atoms with Gasteiger partial charge in [-0.1, -0.05) is 0 Å². The van der Waals surface area contributed by atoms with Crippen molar-refractivity contribution in [3.63, 3.8) is 0 Å². The van der Waals surface area contributed by atoms with E-state index in [0.29, 0.717) is 0 Å². The predicted octanol–water partition coefficient (Wildman–Crippen LogP) is 1.60. The van der Waals surface area contributed by atoms with E-state index in [1.165, 1.54) is 0 Å². The highest BCUT2D eigenvalue weighted by molar-refractivity contribution is 5.67. The Kier molecular flexibility index (Phi) is 8.88. The van der Waals surface area contributed by atoms with E-state index in [1.807, 2.05) is 0 Å². The molecule has 0 unspecified atom stereocenters. The Balaban J connectivity index is 2.13. The standard InChI is InChI=1S/C23H21F5N2O9/c1-9(31)36-7-12-5-29(16-4-14(38-11(3)33)15(39-16)8-37-10(2)32)23(35)30(22(12)34)6-13-17(24)19(26)21(28)20(27)18(13)25/h5,14-16H,4,6-8H2,1-3H3/t14-,15+,16+/m0/s1. The lowest BCUT2D eigenvalue weighted by Crippen LogP contribution is -2.43. The van der Waals surface area contributed by atoms with Crippen molar-refractivity contribution >= 4 is 17.9 Å². The maximum absolute atomic E-state index is 14.4. The second-order valence-electron chi connectivity index (χ2n) is 8.38. The lowest BCUT2D eigenvalue weighted by molar-refractivity contribution is -0.155. The molecule has 2 heterocycles. The van der Waals surface area contributed by atoms with Gasteiger partial charge in [-0.2, -0.15) is 0 Å². The van der Waals surface area contributed by atoms with E-state index in [9.17, 15) is 45.9 Å². The molecule has 16 heteroatoms. The molecule has 0 spiro atoms. The monoisotopic (exact) mass is 564 g/mol. The van der Waals surface area contributed by atoms with Gasteiger partial charge in [0.15, 0.2) is 23.3 Å². The number of halogens is 5. The van der Waals surface area contributed by atoms with Gasteiger partial charge in [0.05, 0.1) is 12.1 Å². The number of aromatic nitrogens is 2. The number of benzene rings is 1. The fourth-order valence-electron chi connectivity index (χ4n) is 3.81. The molecule has 0 bridgehead atoms. The minimum absolute atomic E-state index is 0.167. The van der Waals surface area contributed by atoms with Crippen LogP contribution < -0.4 is 11.2 Å². The minimum atomic E-state index is -2.43. The molecular weight excluding hydrogens is 543 g/mol. The Morgan fingerprint density at radius 1 is 0.897 bits per heavy atom. The first kappa shape index (κ1) is 29.5. The minimum Gasteiger partial charge on any atom is -0.463 e. The number of esters is 3. The van der Waals surface area contributed by atoms with Gasteiger partial charge in [0.25, 0.3) is 5.56 Å². The molecule has 39 heavy (non-hydrogen) atoms. The van der Waals surface area contributed by atoms with Crippen molar-refractivity contribution in [2.24, 2.45) is 0 Å². The molecule has 0 aliphatic carbocycles. The van der Waals surface area contributed by atoms with E-state index in [-0.39, 0.29) is 11.0 Å². The van der Waals surface area contributed by atoms with Gasteiger partial charge < -0.3 is 18.9 Å². The molecule has 1 aliphatic heterocycles. The zero-order chi connectivity index (χ0) is 29.2. The fraction of sp³-hybridized carbons (Fsp3) is 0.435. The second kappa shape index (κ2) is 11.8. The van der Waals surface area contributed by atoms with Gasteiger partial charge in [0, 0.05) is 39.0 Å². The first-order valence-corrected chi connectivity index (χ1v) is 11.2. The van der Waals surface area contributed by atoms with Crippen molar-refractivity contribution in [1.29, 1.82) is 0 Å². The molecule has 212 valence electrons. The first-order chi connectivity index (χ1) is 18.2. The molecule has 2 aromatic rings. The summed E-state index contributed by atoms with van der Waals surface area (Å²) in [4.78, 5) is 60.3. The highest BCUT2D eigenvalue weighted by Gasteiger charge is 2.40. The molecule has 0 radical (unpaired) electrons. The number of carbonyl (C=O) groups excluding carboxylic acids is 3. The van der Waals surface area contributed by atoms with Gasteiger partial charge >= 0.3 is 23.6 Å². The van der Waals surface area contributed by atoms with Crippen LogP contribution in [0.25, 0.3) is 0 Å². The number of nitrogens with zero attached hydrogens (tertiary/aromatic N) is 2.